The molecule has 0 N–H and O–H groups in total. The van der Waals surface area contributed by atoms with E-state index in [2.05, 4.69) is 44.4 Å². The molecule has 0 bridgehead atoms. The van der Waals surface area contributed by atoms with E-state index in [-0.39, 0.29) is 0 Å². The molecule has 3 heterocycles. The summed E-state index contributed by atoms with van der Waals surface area (Å²) in [6.07, 6.45) is 3.75. The van der Waals surface area contributed by atoms with Crippen molar-refractivity contribution >= 4 is 11.3 Å². The Balaban J connectivity index is 1.47. The maximum absolute atomic E-state index is 4.07. The van der Waals surface area contributed by atoms with Crippen LogP contribution in [-0.4, -0.2) is 41.0 Å². The summed E-state index contributed by atoms with van der Waals surface area (Å²) in [7, 11) is 0. The van der Waals surface area contributed by atoms with Crippen molar-refractivity contribution in [3.05, 3.63) is 52.5 Å². The van der Waals surface area contributed by atoms with Crippen molar-refractivity contribution in [1.29, 1.82) is 0 Å². The van der Waals surface area contributed by atoms with Gasteiger partial charge in [0.1, 0.15) is 0 Å². The van der Waals surface area contributed by atoms with E-state index in [1.807, 2.05) is 23.7 Å². The molecule has 3 rings (SSSR count). The SMILES string of the molecule is c1csc(CN2CCN(Cc3ccncc3)CC2)c1. The minimum atomic E-state index is 1.05. The number of hydrogen-bond acceptors (Lipinski definition) is 4. The van der Waals surface area contributed by atoms with Crippen LogP contribution in [0.3, 0.4) is 0 Å². The molecule has 1 fully saturated rings. The minimum absolute atomic E-state index is 1.05. The van der Waals surface area contributed by atoms with Crippen LogP contribution in [0.25, 0.3) is 0 Å². The average Bonchev–Trinajstić information content (AvgIpc) is 2.95. The van der Waals surface area contributed by atoms with E-state index in [0.717, 1.165) is 26.2 Å². The van der Waals surface area contributed by atoms with E-state index in [4.69, 9.17) is 0 Å². The lowest BCUT2D eigenvalue weighted by Crippen LogP contribution is -2.45. The molecule has 0 radical (unpaired) electrons. The molecule has 3 nitrogen and oxygen atoms in total. The van der Waals surface area contributed by atoms with Crippen LogP contribution < -0.4 is 0 Å². The normalized spacial score (nSPS) is 17.7. The van der Waals surface area contributed by atoms with Gasteiger partial charge in [0.25, 0.3) is 0 Å². The molecule has 2 aromatic heterocycles. The Morgan fingerprint density at radius 1 is 0.947 bits per heavy atom. The van der Waals surface area contributed by atoms with Crippen LogP contribution in [0.15, 0.2) is 42.0 Å². The first-order chi connectivity index (χ1) is 9.40. The van der Waals surface area contributed by atoms with Crippen molar-refractivity contribution in [3.8, 4) is 0 Å². The fraction of sp³-hybridized carbons (Fsp3) is 0.400. The summed E-state index contributed by atoms with van der Waals surface area (Å²) in [5, 5.41) is 2.16. The van der Waals surface area contributed by atoms with Gasteiger partial charge in [0, 0.05) is 56.5 Å². The number of hydrogen-bond donors (Lipinski definition) is 0. The molecule has 1 saturated heterocycles. The van der Waals surface area contributed by atoms with Gasteiger partial charge in [-0.3, -0.25) is 14.8 Å². The lowest BCUT2D eigenvalue weighted by Gasteiger charge is -2.34. The average molecular weight is 273 g/mol. The van der Waals surface area contributed by atoms with Crippen LogP contribution in [0, 0.1) is 0 Å². The zero-order valence-electron chi connectivity index (χ0n) is 11.0. The molecule has 1 aliphatic rings. The smallest absolute Gasteiger partial charge is 0.0328 e. The van der Waals surface area contributed by atoms with Crippen molar-refractivity contribution in [2.45, 2.75) is 13.1 Å². The van der Waals surface area contributed by atoms with Crippen LogP contribution in [0.4, 0.5) is 0 Å². The Bertz CT molecular complexity index is 475. The van der Waals surface area contributed by atoms with Gasteiger partial charge in [-0.05, 0) is 29.1 Å². The first kappa shape index (κ1) is 12.8. The van der Waals surface area contributed by atoms with Gasteiger partial charge < -0.3 is 0 Å². The molecule has 0 atom stereocenters. The highest BCUT2D eigenvalue weighted by atomic mass is 32.1. The van der Waals surface area contributed by atoms with Crippen molar-refractivity contribution in [3.63, 3.8) is 0 Å². The van der Waals surface area contributed by atoms with Gasteiger partial charge in [-0.15, -0.1) is 11.3 Å². The number of pyridine rings is 1. The lowest BCUT2D eigenvalue weighted by atomic mass is 10.2. The third-order valence-electron chi connectivity index (χ3n) is 3.58. The summed E-state index contributed by atoms with van der Waals surface area (Å²) in [6, 6.07) is 8.59. The second-order valence-corrected chi connectivity index (χ2v) is 6.02. The predicted molar refractivity (Wildman–Crippen MR) is 79.1 cm³/mol. The van der Waals surface area contributed by atoms with Gasteiger partial charge in [0.05, 0.1) is 0 Å². The number of nitrogens with zero attached hydrogens (tertiary/aromatic N) is 3. The van der Waals surface area contributed by atoms with Crippen molar-refractivity contribution in [2.24, 2.45) is 0 Å². The number of rotatable bonds is 4. The number of aromatic nitrogens is 1. The van der Waals surface area contributed by atoms with Crippen LogP contribution >= 0.6 is 11.3 Å². The zero-order valence-corrected chi connectivity index (χ0v) is 11.9. The molecule has 100 valence electrons. The van der Waals surface area contributed by atoms with Crippen molar-refractivity contribution in [1.82, 2.24) is 14.8 Å². The topological polar surface area (TPSA) is 19.4 Å². The molecule has 0 saturated carbocycles. The summed E-state index contributed by atoms with van der Waals surface area (Å²) in [4.78, 5) is 10.6. The molecular formula is C15H19N3S. The van der Waals surface area contributed by atoms with E-state index in [1.165, 1.54) is 23.5 Å². The number of thiophene rings is 1. The summed E-state index contributed by atoms with van der Waals surface area (Å²) in [5.41, 5.74) is 1.36. The molecule has 19 heavy (non-hydrogen) atoms. The maximum Gasteiger partial charge on any atom is 0.0328 e. The first-order valence-electron chi connectivity index (χ1n) is 6.76. The van der Waals surface area contributed by atoms with Gasteiger partial charge in [0.15, 0.2) is 0 Å². The Morgan fingerprint density at radius 2 is 1.63 bits per heavy atom. The summed E-state index contributed by atoms with van der Waals surface area (Å²) in [5.74, 6) is 0. The second kappa shape index (κ2) is 6.28. The summed E-state index contributed by atoms with van der Waals surface area (Å²) in [6.45, 7) is 6.82. The molecule has 0 aliphatic carbocycles. The zero-order chi connectivity index (χ0) is 12.9. The third-order valence-corrected chi connectivity index (χ3v) is 4.44. The van der Waals surface area contributed by atoms with Gasteiger partial charge in [-0.1, -0.05) is 6.07 Å². The van der Waals surface area contributed by atoms with Crippen molar-refractivity contribution < 1.29 is 0 Å². The molecule has 1 aliphatic heterocycles. The van der Waals surface area contributed by atoms with Crippen LogP contribution in [0.2, 0.25) is 0 Å². The molecular weight excluding hydrogens is 254 g/mol. The Labute approximate surface area is 118 Å². The third kappa shape index (κ3) is 3.62. The summed E-state index contributed by atoms with van der Waals surface area (Å²) >= 11 is 1.86. The fourth-order valence-corrected chi connectivity index (χ4v) is 3.22. The van der Waals surface area contributed by atoms with Gasteiger partial charge >= 0.3 is 0 Å². The standard InChI is InChI=1S/C15H19N3S/c1-2-15(19-11-1)13-18-9-7-17(8-10-18)12-14-3-5-16-6-4-14/h1-6,11H,7-10,12-13H2. The van der Waals surface area contributed by atoms with E-state index >= 15 is 0 Å². The minimum Gasteiger partial charge on any atom is -0.297 e. The maximum atomic E-state index is 4.07. The summed E-state index contributed by atoms with van der Waals surface area (Å²) < 4.78 is 0. The van der Waals surface area contributed by atoms with Crippen molar-refractivity contribution in [2.75, 3.05) is 26.2 Å². The van der Waals surface area contributed by atoms with E-state index in [0.29, 0.717) is 0 Å². The lowest BCUT2D eigenvalue weighted by molar-refractivity contribution is 0.123. The molecule has 0 unspecified atom stereocenters. The number of piperazine rings is 1. The second-order valence-electron chi connectivity index (χ2n) is 4.99. The van der Waals surface area contributed by atoms with E-state index < -0.39 is 0 Å². The first-order valence-corrected chi connectivity index (χ1v) is 7.64. The Morgan fingerprint density at radius 3 is 2.26 bits per heavy atom. The van der Waals surface area contributed by atoms with Crippen LogP contribution in [-0.2, 0) is 13.1 Å². The quantitative estimate of drug-likeness (QED) is 0.853. The Kier molecular flexibility index (Phi) is 4.23. The highest BCUT2D eigenvalue weighted by molar-refractivity contribution is 7.09. The van der Waals surface area contributed by atoms with E-state index in [9.17, 15) is 0 Å². The molecule has 2 aromatic rings. The highest BCUT2D eigenvalue weighted by Gasteiger charge is 2.17. The fourth-order valence-electron chi connectivity index (χ4n) is 2.47. The largest absolute Gasteiger partial charge is 0.297 e. The van der Waals surface area contributed by atoms with Gasteiger partial charge in [0.2, 0.25) is 0 Å². The molecule has 0 aromatic carbocycles. The van der Waals surface area contributed by atoms with Gasteiger partial charge in [-0.25, -0.2) is 0 Å². The molecule has 4 heteroatoms. The van der Waals surface area contributed by atoms with Crippen LogP contribution in [0.1, 0.15) is 10.4 Å². The predicted octanol–water partition coefficient (Wildman–Crippen LogP) is 2.46. The highest BCUT2D eigenvalue weighted by Crippen LogP contribution is 2.14. The van der Waals surface area contributed by atoms with Gasteiger partial charge in [-0.2, -0.15) is 0 Å². The monoisotopic (exact) mass is 273 g/mol. The molecule has 0 amide bonds. The van der Waals surface area contributed by atoms with Crippen LogP contribution in [0.5, 0.6) is 0 Å². The Hall–Kier alpha value is -1.23. The van der Waals surface area contributed by atoms with E-state index in [1.54, 1.807) is 0 Å². The molecule has 0 spiro atoms.